The summed E-state index contributed by atoms with van der Waals surface area (Å²) >= 11 is 0. The van der Waals surface area contributed by atoms with Gasteiger partial charge in [-0.15, -0.1) is 0 Å². The number of rotatable bonds is 6. The Morgan fingerprint density at radius 1 is 1.36 bits per heavy atom. The van der Waals surface area contributed by atoms with Crippen molar-refractivity contribution in [2.24, 2.45) is 0 Å². The molecular formula is C16H20FNO4. The molecule has 1 aliphatic carbocycles. The fourth-order valence-corrected chi connectivity index (χ4v) is 3.08. The number of benzene rings is 1. The predicted octanol–water partition coefficient (Wildman–Crippen LogP) is 1.85. The maximum atomic E-state index is 14.2. The highest BCUT2D eigenvalue weighted by Gasteiger charge is 2.45. The van der Waals surface area contributed by atoms with Crippen molar-refractivity contribution in [1.82, 2.24) is 5.32 Å². The summed E-state index contributed by atoms with van der Waals surface area (Å²) in [5.74, 6) is -2.05. The molecule has 2 N–H and O–H groups in total. The Morgan fingerprint density at radius 2 is 2.00 bits per heavy atom. The lowest BCUT2D eigenvalue weighted by molar-refractivity contribution is -0.144. The van der Waals surface area contributed by atoms with Crippen molar-refractivity contribution in [1.29, 1.82) is 0 Å². The van der Waals surface area contributed by atoms with Crippen LogP contribution in [-0.4, -0.2) is 36.7 Å². The number of hydrogen-bond acceptors (Lipinski definition) is 3. The van der Waals surface area contributed by atoms with E-state index in [1.54, 1.807) is 18.2 Å². The number of hydrogen-bond donors (Lipinski definition) is 2. The zero-order valence-electron chi connectivity index (χ0n) is 12.5. The highest BCUT2D eigenvalue weighted by molar-refractivity contribution is 5.92. The van der Waals surface area contributed by atoms with E-state index in [1.807, 2.05) is 0 Å². The van der Waals surface area contributed by atoms with E-state index in [0.717, 1.165) is 12.8 Å². The van der Waals surface area contributed by atoms with Gasteiger partial charge in [0, 0.05) is 12.7 Å². The van der Waals surface area contributed by atoms with Gasteiger partial charge < -0.3 is 15.2 Å². The quantitative estimate of drug-likeness (QED) is 0.841. The van der Waals surface area contributed by atoms with Crippen LogP contribution in [0.1, 0.15) is 31.2 Å². The van der Waals surface area contributed by atoms with Crippen molar-refractivity contribution in [3.8, 4) is 0 Å². The molecule has 0 heterocycles. The number of carboxylic acid groups (broad SMARTS) is 1. The van der Waals surface area contributed by atoms with E-state index >= 15 is 0 Å². The first-order valence-electron chi connectivity index (χ1n) is 7.29. The van der Waals surface area contributed by atoms with Crippen LogP contribution >= 0.6 is 0 Å². The summed E-state index contributed by atoms with van der Waals surface area (Å²) < 4.78 is 19.0. The highest BCUT2D eigenvalue weighted by Crippen LogP contribution is 2.42. The van der Waals surface area contributed by atoms with Gasteiger partial charge in [0.2, 0.25) is 5.91 Å². The molecule has 0 spiro atoms. The van der Waals surface area contributed by atoms with Crippen LogP contribution in [0, 0.1) is 5.82 Å². The third-order valence-electron chi connectivity index (χ3n) is 4.22. The molecule has 0 bridgehead atoms. The smallest absolute Gasteiger partial charge is 0.328 e. The molecule has 0 aliphatic heterocycles. The van der Waals surface area contributed by atoms with Gasteiger partial charge in [0.05, 0.1) is 12.0 Å². The van der Waals surface area contributed by atoms with E-state index in [4.69, 9.17) is 9.84 Å². The number of carbonyl (C=O) groups is 2. The second-order valence-electron chi connectivity index (χ2n) is 5.59. The number of halogens is 1. The van der Waals surface area contributed by atoms with Crippen LogP contribution in [0.3, 0.4) is 0 Å². The molecule has 2 rings (SSSR count). The van der Waals surface area contributed by atoms with Gasteiger partial charge in [-0.05, 0) is 18.9 Å². The van der Waals surface area contributed by atoms with Gasteiger partial charge in [-0.25, -0.2) is 9.18 Å². The van der Waals surface area contributed by atoms with Crippen LogP contribution in [0.4, 0.5) is 4.39 Å². The monoisotopic (exact) mass is 309 g/mol. The molecule has 1 aromatic carbocycles. The lowest BCUT2D eigenvalue weighted by atomic mass is 9.77. The molecular weight excluding hydrogens is 289 g/mol. The molecule has 5 nitrogen and oxygen atoms in total. The van der Waals surface area contributed by atoms with Gasteiger partial charge in [-0.1, -0.05) is 31.0 Å². The van der Waals surface area contributed by atoms with E-state index in [-0.39, 0.29) is 6.61 Å². The summed E-state index contributed by atoms with van der Waals surface area (Å²) in [5.41, 5.74) is -0.654. The van der Waals surface area contributed by atoms with Crippen molar-refractivity contribution < 1.29 is 23.8 Å². The van der Waals surface area contributed by atoms with Gasteiger partial charge in [0.15, 0.2) is 6.04 Å². The molecule has 1 amide bonds. The molecule has 1 atom stereocenters. The molecule has 1 aromatic rings. The topological polar surface area (TPSA) is 75.6 Å². The number of ether oxygens (including phenoxy) is 1. The van der Waals surface area contributed by atoms with E-state index < -0.39 is 29.2 Å². The lowest BCUT2D eigenvalue weighted by Crippen LogP contribution is -2.51. The average molecular weight is 309 g/mol. The number of aliphatic carboxylic acids is 1. The van der Waals surface area contributed by atoms with E-state index in [1.165, 1.54) is 13.2 Å². The maximum Gasteiger partial charge on any atom is 0.328 e. The largest absolute Gasteiger partial charge is 0.480 e. The summed E-state index contributed by atoms with van der Waals surface area (Å²) in [7, 11) is 1.37. The number of nitrogens with one attached hydrogen (secondary N) is 1. The SMILES string of the molecule is COCC(NC(=O)C1(c2ccccc2F)CCCC1)C(=O)O. The van der Waals surface area contributed by atoms with Gasteiger partial charge in [0.25, 0.3) is 0 Å². The number of carbonyl (C=O) groups excluding carboxylic acids is 1. The molecule has 22 heavy (non-hydrogen) atoms. The zero-order valence-corrected chi connectivity index (χ0v) is 12.5. The van der Waals surface area contributed by atoms with Gasteiger partial charge in [-0.3, -0.25) is 4.79 Å². The van der Waals surface area contributed by atoms with Crippen LogP contribution in [0.2, 0.25) is 0 Å². The first-order chi connectivity index (χ1) is 10.5. The standard InChI is InChI=1S/C16H20FNO4/c1-22-10-13(14(19)20)18-15(21)16(8-4-5-9-16)11-6-2-3-7-12(11)17/h2-3,6-7,13H,4-5,8-10H2,1H3,(H,18,21)(H,19,20). The molecule has 120 valence electrons. The first-order valence-corrected chi connectivity index (χ1v) is 7.29. The second kappa shape index (κ2) is 6.87. The van der Waals surface area contributed by atoms with Crippen LogP contribution in [0.25, 0.3) is 0 Å². The Bertz CT molecular complexity index is 555. The molecule has 1 saturated carbocycles. The molecule has 1 fully saturated rings. The maximum absolute atomic E-state index is 14.2. The lowest BCUT2D eigenvalue weighted by Gasteiger charge is -2.30. The van der Waals surface area contributed by atoms with Crippen LogP contribution in [0.15, 0.2) is 24.3 Å². The summed E-state index contributed by atoms with van der Waals surface area (Å²) in [5, 5.41) is 11.6. The van der Waals surface area contributed by atoms with Crippen molar-refractivity contribution in [3.05, 3.63) is 35.6 Å². The minimum absolute atomic E-state index is 0.131. The fourth-order valence-electron chi connectivity index (χ4n) is 3.08. The third kappa shape index (κ3) is 3.11. The minimum Gasteiger partial charge on any atom is -0.480 e. The van der Waals surface area contributed by atoms with Crippen LogP contribution in [-0.2, 0) is 19.7 Å². The van der Waals surface area contributed by atoms with Crippen LogP contribution < -0.4 is 5.32 Å². The summed E-state index contributed by atoms with van der Waals surface area (Å²) in [6, 6.07) is 5.06. The second-order valence-corrected chi connectivity index (χ2v) is 5.59. The molecule has 0 radical (unpaired) electrons. The summed E-state index contributed by atoms with van der Waals surface area (Å²) in [4.78, 5) is 23.9. The van der Waals surface area contributed by atoms with Gasteiger partial charge in [0.1, 0.15) is 5.82 Å². The molecule has 1 unspecified atom stereocenters. The Balaban J connectivity index is 2.30. The third-order valence-corrected chi connectivity index (χ3v) is 4.22. The van der Waals surface area contributed by atoms with E-state index in [0.29, 0.717) is 18.4 Å². The molecule has 0 aromatic heterocycles. The summed E-state index contributed by atoms with van der Waals surface area (Å²) in [6.07, 6.45) is 2.64. The average Bonchev–Trinajstić information content (AvgIpc) is 2.97. The number of amides is 1. The van der Waals surface area contributed by atoms with E-state index in [9.17, 15) is 14.0 Å². The Hall–Kier alpha value is -1.95. The highest BCUT2D eigenvalue weighted by atomic mass is 19.1. The van der Waals surface area contributed by atoms with Crippen molar-refractivity contribution >= 4 is 11.9 Å². The molecule has 6 heteroatoms. The number of methoxy groups -OCH3 is 1. The number of carboxylic acids is 1. The van der Waals surface area contributed by atoms with Crippen molar-refractivity contribution in [2.45, 2.75) is 37.1 Å². The van der Waals surface area contributed by atoms with Crippen LogP contribution in [0.5, 0.6) is 0 Å². The Labute approximate surface area is 128 Å². The van der Waals surface area contributed by atoms with Crippen molar-refractivity contribution in [2.75, 3.05) is 13.7 Å². The predicted molar refractivity (Wildman–Crippen MR) is 78.0 cm³/mol. The van der Waals surface area contributed by atoms with Gasteiger partial charge in [-0.2, -0.15) is 0 Å². The van der Waals surface area contributed by atoms with E-state index in [2.05, 4.69) is 5.32 Å². The minimum atomic E-state index is -1.17. The molecule has 0 saturated heterocycles. The Kier molecular flexibility index (Phi) is 5.13. The first kappa shape index (κ1) is 16.4. The Morgan fingerprint density at radius 3 is 2.55 bits per heavy atom. The fraction of sp³-hybridized carbons (Fsp3) is 0.500. The normalized spacial score (nSPS) is 17.9. The molecule has 1 aliphatic rings. The van der Waals surface area contributed by atoms with Crippen molar-refractivity contribution in [3.63, 3.8) is 0 Å². The summed E-state index contributed by atoms with van der Waals surface area (Å²) in [6.45, 7) is -0.131. The zero-order chi connectivity index (χ0) is 16.2. The van der Waals surface area contributed by atoms with Gasteiger partial charge >= 0.3 is 5.97 Å².